The zero-order chi connectivity index (χ0) is 27.4. The van der Waals surface area contributed by atoms with Crippen molar-refractivity contribution >= 4 is 25.9 Å². The summed E-state index contributed by atoms with van der Waals surface area (Å²) in [5.74, 6) is 1.40. The maximum atomic E-state index is 15.4. The van der Waals surface area contributed by atoms with Gasteiger partial charge in [-0.25, -0.2) is 8.96 Å². The second kappa shape index (κ2) is 11.7. The van der Waals surface area contributed by atoms with E-state index in [1.54, 1.807) is 32.0 Å². The number of aliphatic hydroxyl groups is 1. The van der Waals surface area contributed by atoms with E-state index < -0.39 is 62.1 Å². The van der Waals surface area contributed by atoms with Crippen LogP contribution in [0.1, 0.15) is 27.0 Å². The molecule has 1 aromatic heterocycles. The minimum absolute atomic E-state index is 0.143. The standard InChI is InChI=1S/C23H27FN3O8PS/c1-5-23(30)19(24)17(34-21(23)27-12-11-18(28)25-22(27)37)13-32-36(31,35-16-9-7-6-8-10-16)26-15(4)20(29)33-14(2)3/h1,6-12,14-15,17,19,21,30H,13H2,2-4H3,(H,26,31)(H,25,28,37)/t15-,17+,19?,21+,23?,36?/m0/s1. The van der Waals surface area contributed by atoms with Crippen LogP contribution in [-0.4, -0.2) is 57.3 Å². The van der Waals surface area contributed by atoms with Gasteiger partial charge in [0.05, 0.1) is 12.7 Å². The molecule has 200 valence electrons. The Morgan fingerprint density at radius 1 is 1.38 bits per heavy atom. The highest BCUT2D eigenvalue weighted by atomic mass is 32.1. The topological polar surface area (TPSA) is 141 Å². The molecule has 37 heavy (non-hydrogen) atoms. The number of carbonyl (C=O) groups is 1. The predicted octanol–water partition coefficient (Wildman–Crippen LogP) is 2.64. The van der Waals surface area contributed by atoms with Gasteiger partial charge >= 0.3 is 13.7 Å². The van der Waals surface area contributed by atoms with Crippen LogP contribution < -0.4 is 15.2 Å². The van der Waals surface area contributed by atoms with Crippen molar-refractivity contribution in [2.75, 3.05) is 6.61 Å². The molecule has 2 aromatic rings. The van der Waals surface area contributed by atoms with Crippen molar-refractivity contribution in [2.45, 2.75) is 57.0 Å². The Balaban J connectivity index is 1.84. The van der Waals surface area contributed by atoms with Crippen LogP contribution in [0, 0.1) is 17.1 Å². The number of nitrogens with one attached hydrogen (secondary N) is 2. The molecule has 0 aliphatic carbocycles. The summed E-state index contributed by atoms with van der Waals surface area (Å²) in [6, 6.07) is 7.93. The van der Waals surface area contributed by atoms with Gasteiger partial charge in [0.2, 0.25) is 5.60 Å². The molecule has 2 heterocycles. The highest BCUT2D eigenvalue weighted by Crippen LogP contribution is 2.47. The molecule has 0 bridgehead atoms. The monoisotopic (exact) mass is 555 g/mol. The molecule has 3 unspecified atom stereocenters. The fourth-order valence-corrected chi connectivity index (χ4v) is 5.19. The van der Waals surface area contributed by atoms with Crippen LogP contribution in [0.3, 0.4) is 0 Å². The number of rotatable bonds is 10. The summed E-state index contributed by atoms with van der Waals surface area (Å²) in [6.45, 7) is 3.99. The Morgan fingerprint density at radius 3 is 2.65 bits per heavy atom. The first-order valence-electron chi connectivity index (χ1n) is 11.2. The van der Waals surface area contributed by atoms with Crippen molar-refractivity contribution in [1.82, 2.24) is 14.6 Å². The molecule has 3 N–H and O–H groups in total. The SMILES string of the molecule is C#CC1(O)C(F)[C@@H](COP(=O)(N[C@@H](C)C(=O)OC(C)C)Oc2ccccc2)O[C@H]1n1ccc(=O)[nH]c1=S. The van der Waals surface area contributed by atoms with E-state index in [0.717, 1.165) is 10.6 Å². The summed E-state index contributed by atoms with van der Waals surface area (Å²) < 4.78 is 51.6. The summed E-state index contributed by atoms with van der Waals surface area (Å²) >= 11 is 5.08. The van der Waals surface area contributed by atoms with Gasteiger partial charge in [-0.2, -0.15) is 5.09 Å². The summed E-state index contributed by atoms with van der Waals surface area (Å²) in [6.07, 6.45) is 0.906. The zero-order valence-electron chi connectivity index (χ0n) is 20.2. The van der Waals surface area contributed by atoms with E-state index in [9.17, 15) is 19.3 Å². The van der Waals surface area contributed by atoms with Crippen LogP contribution in [0.5, 0.6) is 5.75 Å². The number of benzene rings is 1. The number of carbonyl (C=O) groups excluding carboxylic acids is 1. The molecule has 1 fully saturated rings. The normalized spacial score (nSPS) is 25.7. The average Bonchev–Trinajstić information content (AvgIpc) is 3.08. The van der Waals surface area contributed by atoms with Crippen LogP contribution >= 0.6 is 20.0 Å². The Labute approximate surface area is 217 Å². The number of aromatic amines is 1. The van der Waals surface area contributed by atoms with Gasteiger partial charge in [-0.3, -0.25) is 23.7 Å². The molecule has 1 aliphatic heterocycles. The van der Waals surface area contributed by atoms with Crippen LogP contribution in [0.4, 0.5) is 4.39 Å². The lowest BCUT2D eigenvalue weighted by molar-refractivity contribution is -0.149. The Bertz CT molecular complexity index is 1310. The molecule has 0 spiro atoms. The summed E-state index contributed by atoms with van der Waals surface area (Å²) in [5, 5.41) is 13.4. The molecule has 0 amide bonds. The largest absolute Gasteiger partial charge is 0.462 e. The van der Waals surface area contributed by atoms with Gasteiger partial charge in [-0.15, -0.1) is 6.42 Å². The number of terminal acetylenes is 1. The van der Waals surface area contributed by atoms with Crippen molar-refractivity contribution in [1.29, 1.82) is 0 Å². The molecule has 14 heteroatoms. The number of hydrogen-bond donors (Lipinski definition) is 3. The van der Waals surface area contributed by atoms with Crippen molar-refractivity contribution in [3.63, 3.8) is 0 Å². The highest BCUT2D eigenvalue weighted by molar-refractivity contribution is 7.71. The number of para-hydroxylation sites is 1. The number of H-pyrrole nitrogens is 1. The lowest BCUT2D eigenvalue weighted by atomic mass is 9.96. The Morgan fingerprint density at radius 2 is 2.05 bits per heavy atom. The second-order valence-corrected chi connectivity index (χ2v) is 10.5. The molecule has 1 aliphatic rings. The number of aromatic nitrogens is 2. The first-order chi connectivity index (χ1) is 17.4. The minimum atomic E-state index is -4.34. The van der Waals surface area contributed by atoms with E-state index in [4.69, 9.17) is 37.2 Å². The highest BCUT2D eigenvalue weighted by Gasteiger charge is 2.57. The van der Waals surface area contributed by atoms with E-state index >= 15 is 4.39 Å². The Kier molecular flexibility index (Phi) is 9.07. The number of halogens is 1. The lowest BCUT2D eigenvalue weighted by Gasteiger charge is -2.26. The van der Waals surface area contributed by atoms with Gasteiger partial charge in [0.15, 0.2) is 17.2 Å². The van der Waals surface area contributed by atoms with E-state index in [1.807, 2.05) is 5.92 Å². The molecular weight excluding hydrogens is 528 g/mol. The lowest BCUT2D eigenvalue weighted by Crippen LogP contribution is -2.44. The van der Waals surface area contributed by atoms with Gasteiger partial charge in [0.1, 0.15) is 17.9 Å². The van der Waals surface area contributed by atoms with Crippen molar-refractivity contribution in [3.8, 4) is 18.1 Å². The van der Waals surface area contributed by atoms with Crippen molar-refractivity contribution < 1.29 is 37.4 Å². The molecule has 1 saturated heterocycles. The van der Waals surface area contributed by atoms with Crippen LogP contribution in [0.25, 0.3) is 0 Å². The zero-order valence-corrected chi connectivity index (χ0v) is 21.9. The third-order valence-electron chi connectivity index (χ3n) is 5.20. The van der Waals surface area contributed by atoms with E-state index in [1.165, 1.54) is 25.3 Å². The molecule has 0 saturated carbocycles. The molecule has 11 nitrogen and oxygen atoms in total. The number of alkyl halides is 1. The van der Waals surface area contributed by atoms with Crippen LogP contribution in [-0.2, 0) is 23.4 Å². The van der Waals surface area contributed by atoms with Gasteiger partial charge in [-0.1, -0.05) is 24.1 Å². The van der Waals surface area contributed by atoms with Gasteiger partial charge in [0.25, 0.3) is 5.56 Å². The molecule has 0 radical (unpaired) electrons. The Hall–Kier alpha value is -2.85. The quantitative estimate of drug-likeness (QED) is 0.173. The van der Waals surface area contributed by atoms with Crippen LogP contribution in [0.15, 0.2) is 47.4 Å². The summed E-state index contributed by atoms with van der Waals surface area (Å²) in [4.78, 5) is 26.1. The first-order valence-corrected chi connectivity index (χ1v) is 13.1. The van der Waals surface area contributed by atoms with E-state index in [2.05, 4.69) is 10.1 Å². The smallest absolute Gasteiger partial charge is 0.459 e. The fraction of sp³-hybridized carbons (Fsp3) is 0.435. The number of ether oxygens (including phenoxy) is 2. The van der Waals surface area contributed by atoms with Gasteiger partial charge < -0.3 is 19.1 Å². The van der Waals surface area contributed by atoms with E-state index in [-0.39, 0.29) is 10.5 Å². The first kappa shape index (κ1) is 28.7. The maximum Gasteiger partial charge on any atom is 0.459 e. The maximum absolute atomic E-state index is 15.4. The second-order valence-electron chi connectivity index (χ2n) is 8.45. The fourth-order valence-electron chi connectivity index (χ4n) is 3.43. The molecule has 1 aromatic carbocycles. The average molecular weight is 556 g/mol. The summed E-state index contributed by atoms with van der Waals surface area (Å²) in [7, 11) is -4.34. The van der Waals surface area contributed by atoms with Gasteiger partial charge in [-0.05, 0) is 45.1 Å². The van der Waals surface area contributed by atoms with E-state index in [0.29, 0.717) is 0 Å². The summed E-state index contributed by atoms with van der Waals surface area (Å²) in [5.41, 5.74) is -3.02. The number of hydrogen-bond acceptors (Lipinski definition) is 9. The third kappa shape index (κ3) is 6.73. The molecule has 6 atom stereocenters. The van der Waals surface area contributed by atoms with Crippen molar-refractivity contribution in [3.05, 3.63) is 57.7 Å². The number of esters is 1. The van der Waals surface area contributed by atoms with Crippen LogP contribution in [0.2, 0.25) is 0 Å². The molecular formula is C23H27FN3O8PS. The number of nitrogens with zero attached hydrogens (tertiary/aromatic N) is 1. The van der Waals surface area contributed by atoms with Gasteiger partial charge in [0, 0.05) is 12.3 Å². The predicted molar refractivity (Wildman–Crippen MR) is 133 cm³/mol. The molecule has 3 rings (SSSR count). The van der Waals surface area contributed by atoms with Crippen molar-refractivity contribution in [2.24, 2.45) is 0 Å². The third-order valence-corrected chi connectivity index (χ3v) is 7.15. The minimum Gasteiger partial charge on any atom is -0.462 e.